The predicted molar refractivity (Wildman–Crippen MR) is 114 cm³/mol. The van der Waals surface area contributed by atoms with E-state index >= 15 is 0 Å². The zero-order valence-electron chi connectivity index (χ0n) is 16.1. The van der Waals surface area contributed by atoms with Crippen LogP contribution in [0.3, 0.4) is 0 Å². The Morgan fingerprint density at radius 2 is 1.71 bits per heavy atom. The quantitative estimate of drug-likeness (QED) is 0.641. The van der Waals surface area contributed by atoms with Gasteiger partial charge < -0.3 is 5.32 Å². The van der Waals surface area contributed by atoms with Crippen LogP contribution >= 0.6 is 11.3 Å². The van der Waals surface area contributed by atoms with Gasteiger partial charge in [-0.2, -0.15) is 0 Å². The van der Waals surface area contributed by atoms with Gasteiger partial charge in [0.15, 0.2) is 9.84 Å². The first-order valence-corrected chi connectivity index (χ1v) is 11.4. The van der Waals surface area contributed by atoms with E-state index in [1.807, 2.05) is 50.4 Å². The van der Waals surface area contributed by atoms with E-state index in [1.54, 1.807) is 30.3 Å². The van der Waals surface area contributed by atoms with E-state index in [1.165, 1.54) is 11.3 Å². The molecule has 0 saturated heterocycles. The molecule has 4 nitrogen and oxygen atoms in total. The molecule has 2 aromatic carbocycles. The Balaban J connectivity index is 1.91. The molecule has 0 aliphatic rings. The zero-order valence-corrected chi connectivity index (χ0v) is 17.7. The fraction of sp³-hybridized carbons (Fsp3) is 0.227. The third kappa shape index (κ3) is 4.18. The number of amides is 1. The molecule has 1 heterocycles. The normalized spacial score (nSPS) is 12.5. The lowest BCUT2D eigenvalue weighted by atomic mass is 10.1. The first-order chi connectivity index (χ1) is 13.3. The van der Waals surface area contributed by atoms with E-state index in [9.17, 15) is 13.2 Å². The zero-order chi connectivity index (χ0) is 20.3. The summed E-state index contributed by atoms with van der Waals surface area (Å²) in [5, 5.41) is 3.84. The van der Waals surface area contributed by atoms with Gasteiger partial charge in [0.2, 0.25) is 0 Å². The summed E-state index contributed by atoms with van der Waals surface area (Å²) in [7, 11) is -3.66. The molecular weight excluding hydrogens is 390 g/mol. The van der Waals surface area contributed by atoms with E-state index in [0.29, 0.717) is 10.4 Å². The highest BCUT2D eigenvalue weighted by Gasteiger charge is 2.31. The van der Waals surface area contributed by atoms with Crippen LogP contribution in [0, 0.1) is 20.8 Å². The van der Waals surface area contributed by atoms with Crippen molar-refractivity contribution in [3.63, 3.8) is 0 Å². The molecule has 3 aromatic rings. The molecule has 0 bridgehead atoms. The van der Waals surface area contributed by atoms with Crippen molar-refractivity contribution < 1.29 is 13.2 Å². The van der Waals surface area contributed by atoms with E-state index in [4.69, 9.17) is 0 Å². The number of nitrogens with one attached hydrogen (secondary N) is 1. The highest BCUT2D eigenvalue weighted by molar-refractivity contribution is 7.91. The van der Waals surface area contributed by atoms with Gasteiger partial charge in [0.1, 0.15) is 5.25 Å². The molecule has 0 unspecified atom stereocenters. The second-order valence-corrected chi connectivity index (χ2v) is 9.93. The number of hydrogen-bond donors (Lipinski definition) is 1. The number of carbonyl (C=O) groups excluding carboxylic acids is 1. The van der Waals surface area contributed by atoms with Gasteiger partial charge in [-0.05, 0) is 67.1 Å². The van der Waals surface area contributed by atoms with Gasteiger partial charge in [-0.1, -0.05) is 30.3 Å². The summed E-state index contributed by atoms with van der Waals surface area (Å²) >= 11 is 1.38. The summed E-state index contributed by atoms with van der Waals surface area (Å²) in [4.78, 5) is 13.6. The second-order valence-electron chi connectivity index (χ2n) is 6.82. The van der Waals surface area contributed by atoms with Crippen molar-refractivity contribution >= 4 is 27.1 Å². The summed E-state index contributed by atoms with van der Waals surface area (Å²) in [6.45, 7) is 5.72. The van der Waals surface area contributed by atoms with Gasteiger partial charge in [-0.3, -0.25) is 4.79 Å². The molecule has 1 aromatic heterocycles. The monoisotopic (exact) mass is 413 g/mol. The van der Waals surface area contributed by atoms with Crippen LogP contribution in [-0.4, -0.2) is 20.9 Å². The molecule has 0 aliphatic heterocycles. The first-order valence-electron chi connectivity index (χ1n) is 8.99. The molecule has 0 fully saturated rings. The number of benzene rings is 2. The van der Waals surface area contributed by atoms with Crippen LogP contribution in [0.15, 0.2) is 64.9 Å². The third-order valence-corrected chi connectivity index (χ3v) is 8.10. The van der Waals surface area contributed by atoms with Crippen molar-refractivity contribution in [2.24, 2.45) is 0 Å². The Hall–Kier alpha value is -2.44. The summed E-state index contributed by atoms with van der Waals surface area (Å²) in [5.41, 5.74) is 3.37. The Morgan fingerprint density at radius 3 is 2.36 bits per heavy atom. The number of aryl methyl sites for hydroxylation is 3. The van der Waals surface area contributed by atoms with Crippen molar-refractivity contribution in [2.45, 2.75) is 30.9 Å². The van der Waals surface area contributed by atoms with Crippen LogP contribution in [0.2, 0.25) is 0 Å². The minimum atomic E-state index is -3.66. The number of carbonyl (C=O) groups is 1. The predicted octanol–water partition coefficient (Wildman–Crippen LogP) is 4.62. The summed E-state index contributed by atoms with van der Waals surface area (Å²) in [6.07, 6.45) is 0. The second kappa shape index (κ2) is 8.29. The molecule has 0 saturated carbocycles. The lowest BCUT2D eigenvalue weighted by molar-refractivity contribution is 0.0953. The maximum atomic E-state index is 13.4. The number of rotatable bonds is 6. The van der Waals surface area contributed by atoms with Crippen LogP contribution in [0.4, 0.5) is 0 Å². The van der Waals surface area contributed by atoms with E-state index in [-0.39, 0.29) is 17.3 Å². The molecule has 3 rings (SSSR count). The first kappa shape index (κ1) is 20.3. The van der Waals surface area contributed by atoms with Crippen molar-refractivity contribution in [2.75, 3.05) is 6.54 Å². The third-order valence-electron chi connectivity index (χ3n) is 4.88. The Labute approximate surface area is 170 Å². The maximum absolute atomic E-state index is 13.4. The van der Waals surface area contributed by atoms with Gasteiger partial charge in [0.25, 0.3) is 5.91 Å². The van der Waals surface area contributed by atoms with Crippen molar-refractivity contribution in [3.05, 3.63) is 87.1 Å². The summed E-state index contributed by atoms with van der Waals surface area (Å²) < 4.78 is 26.7. The van der Waals surface area contributed by atoms with Crippen molar-refractivity contribution in [1.29, 1.82) is 0 Å². The fourth-order valence-corrected chi connectivity index (χ4v) is 5.87. The van der Waals surface area contributed by atoms with Crippen LogP contribution in [0.25, 0.3) is 0 Å². The standard InChI is InChI=1S/C22H23NO3S2/c1-15-10-11-18(13-17(15)3)28(25,26)21(20-9-6-12-27-20)14-23-22(24)19-8-5-4-7-16(19)2/h4-13,21H,14H2,1-3H3,(H,23,24)/t21-/m1/s1. The minimum Gasteiger partial charge on any atom is -0.350 e. The lowest BCUT2D eigenvalue weighted by Crippen LogP contribution is -2.32. The maximum Gasteiger partial charge on any atom is 0.251 e. The number of thiophene rings is 1. The Bertz CT molecular complexity index is 1090. The van der Waals surface area contributed by atoms with Crippen molar-refractivity contribution in [1.82, 2.24) is 5.32 Å². The largest absolute Gasteiger partial charge is 0.350 e. The average molecular weight is 414 g/mol. The topological polar surface area (TPSA) is 63.2 Å². The Kier molecular flexibility index (Phi) is 6.01. The minimum absolute atomic E-state index is 0.0168. The fourth-order valence-electron chi connectivity index (χ4n) is 3.00. The smallest absolute Gasteiger partial charge is 0.251 e. The Morgan fingerprint density at radius 1 is 0.964 bits per heavy atom. The van der Waals surface area contributed by atoms with Crippen LogP contribution in [0.1, 0.15) is 37.2 Å². The molecule has 1 atom stereocenters. The molecule has 1 amide bonds. The van der Waals surface area contributed by atoms with E-state index < -0.39 is 15.1 Å². The highest BCUT2D eigenvalue weighted by Crippen LogP contribution is 2.32. The molecule has 146 valence electrons. The summed E-state index contributed by atoms with van der Waals surface area (Å²) in [6, 6.07) is 16.0. The van der Waals surface area contributed by atoms with Gasteiger partial charge in [-0.25, -0.2) is 8.42 Å². The molecule has 28 heavy (non-hydrogen) atoms. The summed E-state index contributed by atoms with van der Waals surface area (Å²) in [5.74, 6) is -0.269. The molecule has 0 spiro atoms. The molecule has 6 heteroatoms. The molecule has 0 aliphatic carbocycles. The number of sulfone groups is 1. The van der Waals surface area contributed by atoms with Crippen molar-refractivity contribution in [3.8, 4) is 0 Å². The van der Waals surface area contributed by atoms with Gasteiger partial charge >= 0.3 is 0 Å². The SMILES string of the molecule is Cc1ccc(S(=O)(=O)[C@H](CNC(=O)c2ccccc2C)c2cccs2)cc1C. The van der Waals surface area contributed by atoms with Crippen LogP contribution in [0.5, 0.6) is 0 Å². The van der Waals surface area contributed by atoms with Gasteiger partial charge in [-0.15, -0.1) is 11.3 Å². The van der Waals surface area contributed by atoms with Gasteiger partial charge in [0, 0.05) is 17.0 Å². The molecular formula is C22H23NO3S2. The van der Waals surface area contributed by atoms with Crippen LogP contribution in [-0.2, 0) is 9.84 Å². The molecule has 0 radical (unpaired) electrons. The highest BCUT2D eigenvalue weighted by atomic mass is 32.2. The van der Waals surface area contributed by atoms with E-state index in [2.05, 4.69) is 5.32 Å². The van der Waals surface area contributed by atoms with Gasteiger partial charge in [0.05, 0.1) is 4.90 Å². The lowest BCUT2D eigenvalue weighted by Gasteiger charge is -2.18. The van der Waals surface area contributed by atoms with Crippen LogP contribution < -0.4 is 5.32 Å². The molecule has 1 N–H and O–H groups in total. The van der Waals surface area contributed by atoms with E-state index in [0.717, 1.165) is 16.7 Å². The average Bonchev–Trinajstić information content (AvgIpc) is 3.18. The number of hydrogen-bond acceptors (Lipinski definition) is 4.